The van der Waals surface area contributed by atoms with Gasteiger partial charge in [-0.3, -0.25) is 0 Å². The molecule has 1 saturated heterocycles. The van der Waals surface area contributed by atoms with E-state index in [1.165, 1.54) is 5.32 Å². The summed E-state index contributed by atoms with van der Waals surface area (Å²) in [7, 11) is -0.188. The summed E-state index contributed by atoms with van der Waals surface area (Å²) in [5.74, 6) is -0.264. The zero-order valence-electron chi connectivity index (χ0n) is 10.3. The Bertz CT molecular complexity index is 380. The molecule has 6 heteroatoms. The van der Waals surface area contributed by atoms with Crippen molar-refractivity contribution >= 4 is 14.8 Å². The smallest absolute Gasteiger partial charge is 0.168 e. The molecule has 94 valence electrons. The minimum atomic E-state index is -0.264. The number of hydrogen-bond acceptors (Lipinski definition) is 4. The molecule has 2 fully saturated rings. The fourth-order valence-corrected chi connectivity index (χ4v) is 3.32. The lowest BCUT2D eigenvalue weighted by molar-refractivity contribution is -0.181. The molecule has 1 saturated carbocycles. The first kappa shape index (κ1) is 11.4. The van der Waals surface area contributed by atoms with Gasteiger partial charge in [-0.15, -0.1) is 5.10 Å². The van der Waals surface area contributed by atoms with Crippen molar-refractivity contribution in [2.75, 3.05) is 13.2 Å². The molecule has 0 amide bonds. The Morgan fingerprint density at radius 2 is 2.06 bits per heavy atom. The molecule has 0 atom stereocenters. The Kier molecular flexibility index (Phi) is 3.02. The Morgan fingerprint density at radius 3 is 2.65 bits per heavy atom. The topological polar surface area (TPSA) is 49.2 Å². The molecule has 1 aromatic rings. The molecule has 1 aliphatic heterocycles. The Balaban J connectivity index is 1.64. The van der Waals surface area contributed by atoms with Crippen molar-refractivity contribution in [2.24, 2.45) is 0 Å². The minimum Gasteiger partial charge on any atom is -0.348 e. The van der Waals surface area contributed by atoms with Crippen LogP contribution in [-0.4, -0.2) is 43.5 Å². The van der Waals surface area contributed by atoms with Gasteiger partial charge in [-0.2, -0.15) is 0 Å². The zero-order chi connectivity index (χ0) is 11.7. The molecule has 0 radical (unpaired) electrons. The SMILES string of the molecule is C[SiH2]c1cn(C2CCC3(CC2)OCCO3)nn1. The molecular formula is C11H19N3O2Si. The fourth-order valence-electron chi connectivity index (χ4n) is 2.75. The van der Waals surface area contributed by atoms with E-state index in [0.29, 0.717) is 6.04 Å². The van der Waals surface area contributed by atoms with E-state index in [9.17, 15) is 0 Å². The maximum absolute atomic E-state index is 5.73. The second kappa shape index (κ2) is 4.51. The summed E-state index contributed by atoms with van der Waals surface area (Å²) < 4.78 is 13.5. The summed E-state index contributed by atoms with van der Waals surface area (Å²) >= 11 is 0. The molecule has 0 N–H and O–H groups in total. The third kappa shape index (κ3) is 2.16. The molecule has 1 spiro atoms. The lowest BCUT2D eigenvalue weighted by Crippen LogP contribution is -2.36. The highest BCUT2D eigenvalue weighted by atomic mass is 28.2. The normalized spacial score (nSPS) is 25.2. The van der Waals surface area contributed by atoms with Crippen molar-refractivity contribution < 1.29 is 9.47 Å². The monoisotopic (exact) mass is 253 g/mol. The van der Waals surface area contributed by atoms with E-state index in [1.807, 2.05) is 4.68 Å². The molecule has 0 aromatic carbocycles. The van der Waals surface area contributed by atoms with Gasteiger partial charge in [-0.05, 0) is 12.8 Å². The molecule has 0 unspecified atom stereocenters. The van der Waals surface area contributed by atoms with Gasteiger partial charge in [-0.25, -0.2) is 4.68 Å². The van der Waals surface area contributed by atoms with Gasteiger partial charge in [0.25, 0.3) is 0 Å². The molecule has 5 nitrogen and oxygen atoms in total. The first-order valence-corrected chi connectivity index (χ1v) is 8.62. The number of rotatable bonds is 2. The fraction of sp³-hybridized carbons (Fsp3) is 0.818. The van der Waals surface area contributed by atoms with Crippen LogP contribution in [0, 0.1) is 0 Å². The van der Waals surface area contributed by atoms with E-state index in [1.54, 1.807) is 0 Å². The second-order valence-electron chi connectivity index (χ2n) is 4.88. The van der Waals surface area contributed by atoms with Gasteiger partial charge in [0.05, 0.1) is 34.1 Å². The zero-order valence-corrected chi connectivity index (χ0v) is 11.7. The molecule has 2 aliphatic rings. The van der Waals surface area contributed by atoms with Gasteiger partial charge in [0.2, 0.25) is 0 Å². The Morgan fingerprint density at radius 1 is 1.35 bits per heavy atom. The van der Waals surface area contributed by atoms with E-state index in [4.69, 9.17) is 9.47 Å². The second-order valence-corrected chi connectivity index (χ2v) is 6.31. The number of hydrogen-bond donors (Lipinski definition) is 0. The maximum Gasteiger partial charge on any atom is 0.168 e. The molecule has 0 bridgehead atoms. The van der Waals surface area contributed by atoms with Crippen molar-refractivity contribution in [2.45, 2.75) is 44.1 Å². The lowest BCUT2D eigenvalue weighted by Gasteiger charge is -2.35. The average molecular weight is 253 g/mol. The van der Waals surface area contributed by atoms with Crippen molar-refractivity contribution in [3.8, 4) is 0 Å². The van der Waals surface area contributed by atoms with Gasteiger partial charge >= 0.3 is 0 Å². The van der Waals surface area contributed by atoms with Crippen LogP contribution in [0.15, 0.2) is 6.20 Å². The molecule has 17 heavy (non-hydrogen) atoms. The van der Waals surface area contributed by atoms with E-state index in [0.717, 1.165) is 38.9 Å². The van der Waals surface area contributed by atoms with Crippen LogP contribution in [0.25, 0.3) is 0 Å². The minimum absolute atomic E-state index is 0.188. The standard InChI is InChI=1S/C11H19N3O2Si/c1-17-10-8-14(13-12-10)9-2-4-11(5-3-9)15-6-7-16-11/h8-9H,2-7,17H2,1H3. The number of ether oxygens (including phenoxy) is 2. The van der Waals surface area contributed by atoms with Gasteiger partial charge in [0, 0.05) is 19.0 Å². The van der Waals surface area contributed by atoms with Gasteiger partial charge in [-0.1, -0.05) is 11.8 Å². The summed E-state index contributed by atoms with van der Waals surface area (Å²) in [4.78, 5) is 0. The third-order valence-corrected chi connectivity index (χ3v) is 4.87. The Hall–Kier alpha value is -0.723. The van der Waals surface area contributed by atoms with E-state index >= 15 is 0 Å². The first-order valence-electron chi connectivity index (χ1n) is 6.50. The maximum atomic E-state index is 5.73. The van der Waals surface area contributed by atoms with Gasteiger partial charge in [0.15, 0.2) is 5.79 Å². The van der Waals surface area contributed by atoms with Crippen LogP contribution >= 0.6 is 0 Å². The van der Waals surface area contributed by atoms with Crippen LogP contribution in [0.5, 0.6) is 0 Å². The Labute approximate surface area is 103 Å². The number of nitrogens with zero attached hydrogens (tertiary/aromatic N) is 3. The van der Waals surface area contributed by atoms with Crippen LogP contribution in [0.1, 0.15) is 31.7 Å². The van der Waals surface area contributed by atoms with Crippen LogP contribution in [0.4, 0.5) is 0 Å². The van der Waals surface area contributed by atoms with Crippen LogP contribution in [0.3, 0.4) is 0 Å². The van der Waals surface area contributed by atoms with Crippen molar-refractivity contribution in [1.29, 1.82) is 0 Å². The summed E-state index contributed by atoms with van der Waals surface area (Å²) in [6, 6.07) is 0.482. The third-order valence-electron chi connectivity index (χ3n) is 3.82. The van der Waals surface area contributed by atoms with Gasteiger partial charge in [0.1, 0.15) is 0 Å². The largest absolute Gasteiger partial charge is 0.348 e. The average Bonchev–Trinajstić information content (AvgIpc) is 3.00. The van der Waals surface area contributed by atoms with Crippen LogP contribution < -0.4 is 5.32 Å². The van der Waals surface area contributed by atoms with E-state index < -0.39 is 0 Å². The summed E-state index contributed by atoms with van der Waals surface area (Å²) in [5.41, 5.74) is 0. The number of aromatic nitrogens is 3. The quantitative estimate of drug-likeness (QED) is 0.695. The molecular weight excluding hydrogens is 234 g/mol. The highest BCUT2D eigenvalue weighted by Gasteiger charge is 2.40. The summed E-state index contributed by atoms with van der Waals surface area (Å²) in [5, 5.41) is 9.66. The molecule has 3 rings (SSSR count). The summed E-state index contributed by atoms with van der Waals surface area (Å²) in [6.45, 7) is 3.74. The first-order chi connectivity index (χ1) is 8.31. The van der Waals surface area contributed by atoms with Crippen molar-refractivity contribution in [1.82, 2.24) is 15.0 Å². The predicted molar refractivity (Wildman–Crippen MR) is 66.2 cm³/mol. The highest BCUT2D eigenvalue weighted by molar-refractivity contribution is 6.50. The highest BCUT2D eigenvalue weighted by Crippen LogP contribution is 2.39. The molecule has 1 aromatic heterocycles. The van der Waals surface area contributed by atoms with E-state index in [-0.39, 0.29) is 15.3 Å². The van der Waals surface area contributed by atoms with Crippen molar-refractivity contribution in [3.63, 3.8) is 0 Å². The lowest BCUT2D eigenvalue weighted by atomic mass is 9.90. The van der Waals surface area contributed by atoms with Crippen LogP contribution in [0.2, 0.25) is 6.55 Å². The molecule has 1 aliphatic carbocycles. The van der Waals surface area contributed by atoms with E-state index in [2.05, 4.69) is 23.1 Å². The van der Waals surface area contributed by atoms with Crippen molar-refractivity contribution in [3.05, 3.63) is 6.20 Å². The predicted octanol–water partition coefficient (Wildman–Crippen LogP) is -0.0215. The molecule has 2 heterocycles. The van der Waals surface area contributed by atoms with Crippen LogP contribution in [-0.2, 0) is 9.47 Å². The summed E-state index contributed by atoms with van der Waals surface area (Å²) in [6.07, 6.45) is 6.25. The van der Waals surface area contributed by atoms with Gasteiger partial charge < -0.3 is 9.47 Å².